The van der Waals surface area contributed by atoms with E-state index in [1.165, 1.54) is 4.31 Å². The van der Waals surface area contributed by atoms with Gasteiger partial charge in [0.1, 0.15) is 0 Å². The Morgan fingerprint density at radius 1 is 1.29 bits per heavy atom. The molecule has 1 aliphatic rings. The van der Waals surface area contributed by atoms with Crippen molar-refractivity contribution >= 4 is 10.0 Å². The van der Waals surface area contributed by atoms with Crippen LogP contribution in [0, 0.1) is 0 Å². The van der Waals surface area contributed by atoms with Gasteiger partial charge in [0, 0.05) is 30.6 Å². The minimum absolute atomic E-state index is 0.258. The molecule has 0 aliphatic carbocycles. The van der Waals surface area contributed by atoms with Crippen LogP contribution >= 0.6 is 0 Å². The zero-order valence-electron chi connectivity index (χ0n) is 8.97. The molecule has 1 rings (SSSR count). The second-order valence-electron chi connectivity index (χ2n) is 3.89. The molecule has 0 bridgehead atoms. The molecule has 4 nitrogen and oxygen atoms in total. The number of rotatable bonds is 2. The van der Waals surface area contributed by atoms with Crippen LogP contribution < -0.4 is 0 Å². The minimum atomic E-state index is -3.24. The summed E-state index contributed by atoms with van der Waals surface area (Å²) in [5, 5.41) is 1.03. The van der Waals surface area contributed by atoms with Crippen molar-refractivity contribution in [1.82, 2.24) is 9.21 Å². The lowest BCUT2D eigenvalue weighted by atomic mass is 10.1. The Bertz CT molecular complexity index is 301. The molecule has 0 N–H and O–H groups in total. The predicted molar refractivity (Wildman–Crippen MR) is 57.4 cm³/mol. The zero-order valence-corrected chi connectivity index (χ0v) is 9.79. The topological polar surface area (TPSA) is 40.6 Å². The van der Waals surface area contributed by atoms with Gasteiger partial charge in [-0.3, -0.25) is 4.90 Å². The molecule has 2 atom stereocenters. The first-order valence-corrected chi connectivity index (χ1v) is 6.23. The summed E-state index contributed by atoms with van der Waals surface area (Å²) in [5.74, 6) is 0. The molecule has 0 amide bonds. The fourth-order valence-corrected chi connectivity index (χ4v) is 2.73. The third kappa shape index (κ3) is 2.16. The van der Waals surface area contributed by atoms with Crippen LogP contribution in [0.3, 0.4) is 0 Å². The summed E-state index contributed by atoms with van der Waals surface area (Å²) in [7, 11) is -1.22. The smallest absolute Gasteiger partial charge is 0.235 e. The maximum absolute atomic E-state index is 11.5. The van der Waals surface area contributed by atoms with Crippen LogP contribution in [-0.4, -0.2) is 49.8 Å². The Hall–Kier alpha value is -0.390. The molecule has 0 radical (unpaired) electrons. The fraction of sp³-hybridized carbons (Fsp3) is 0.778. The molecule has 14 heavy (non-hydrogen) atoms. The summed E-state index contributed by atoms with van der Waals surface area (Å²) in [6, 6.07) is 0.516. The van der Waals surface area contributed by atoms with Crippen LogP contribution in [0.1, 0.15) is 13.8 Å². The summed E-state index contributed by atoms with van der Waals surface area (Å²) in [6.07, 6.45) is 0. The van der Waals surface area contributed by atoms with Crippen molar-refractivity contribution in [3.05, 3.63) is 12.0 Å². The van der Waals surface area contributed by atoms with Crippen molar-refractivity contribution in [3.8, 4) is 0 Å². The summed E-state index contributed by atoms with van der Waals surface area (Å²) in [6.45, 7) is 8.49. The Labute approximate surface area is 86.2 Å². The van der Waals surface area contributed by atoms with Gasteiger partial charge in [0.2, 0.25) is 10.0 Å². The van der Waals surface area contributed by atoms with Gasteiger partial charge in [-0.2, -0.15) is 4.31 Å². The Balaban J connectivity index is 2.82. The fourth-order valence-electron chi connectivity index (χ4n) is 1.67. The van der Waals surface area contributed by atoms with E-state index in [0.29, 0.717) is 13.1 Å². The van der Waals surface area contributed by atoms with E-state index in [-0.39, 0.29) is 12.1 Å². The third-order valence-corrected chi connectivity index (χ3v) is 4.34. The molecule has 0 aromatic heterocycles. The molecule has 0 saturated carbocycles. The molecular formula is C9H18N2O2S. The van der Waals surface area contributed by atoms with Gasteiger partial charge in [0.15, 0.2) is 0 Å². The lowest BCUT2D eigenvalue weighted by molar-refractivity contribution is 0.106. The molecule has 1 aliphatic heterocycles. The number of hydrogen-bond donors (Lipinski definition) is 0. The van der Waals surface area contributed by atoms with E-state index in [1.54, 1.807) is 0 Å². The highest BCUT2D eigenvalue weighted by Gasteiger charge is 2.31. The van der Waals surface area contributed by atoms with E-state index in [2.05, 4.69) is 11.5 Å². The highest BCUT2D eigenvalue weighted by molar-refractivity contribution is 7.92. The third-order valence-electron chi connectivity index (χ3n) is 2.90. The molecule has 5 heteroatoms. The number of hydrogen-bond acceptors (Lipinski definition) is 3. The molecule has 1 fully saturated rings. The van der Waals surface area contributed by atoms with E-state index < -0.39 is 10.0 Å². The summed E-state index contributed by atoms with van der Waals surface area (Å²) >= 11 is 0. The van der Waals surface area contributed by atoms with E-state index in [9.17, 15) is 8.42 Å². The maximum Gasteiger partial charge on any atom is 0.235 e. The number of piperazine rings is 1. The van der Waals surface area contributed by atoms with E-state index >= 15 is 0 Å². The molecule has 0 aromatic carbocycles. The first-order chi connectivity index (χ1) is 6.38. The Morgan fingerprint density at radius 3 is 2.07 bits per heavy atom. The van der Waals surface area contributed by atoms with Crippen molar-refractivity contribution in [2.45, 2.75) is 25.9 Å². The highest BCUT2D eigenvalue weighted by atomic mass is 32.2. The van der Waals surface area contributed by atoms with Crippen molar-refractivity contribution in [1.29, 1.82) is 0 Å². The lowest BCUT2D eigenvalue weighted by Crippen LogP contribution is -2.55. The normalized spacial score (nSPS) is 31.6. The van der Waals surface area contributed by atoms with Crippen LogP contribution in [0.2, 0.25) is 0 Å². The second-order valence-corrected chi connectivity index (χ2v) is 5.77. The molecule has 1 saturated heterocycles. The zero-order chi connectivity index (χ0) is 10.9. The van der Waals surface area contributed by atoms with Gasteiger partial charge >= 0.3 is 0 Å². The SMILES string of the molecule is C=CS(=O)(=O)N1C[C@@H](C)N(C)[C@@H](C)C1. The van der Waals surface area contributed by atoms with Gasteiger partial charge in [0.25, 0.3) is 0 Å². The average Bonchev–Trinajstić information content (AvgIpc) is 2.13. The van der Waals surface area contributed by atoms with Crippen LogP contribution in [0.4, 0.5) is 0 Å². The van der Waals surface area contributed by atoms with Gasteiger partial charge in [-0.1, -0.05) is 6.58 Å². The van der Waals surface area contributed by atoms with E-state index in [4.69, 9.17) is 0 Å². The largest absolute Gasteiger partial charge is 0.298 e. The van der Waals surface area contributed by atoms with E-state index in [0.717, 1.165) is 5.41 Å². The second kappa shape index (κ2) is 4.00. The van der Waals surface area contributed by atoms with Gasteiger partial charge in [-0.25, -0.2) is 8.42 Å². The molecule has 0 aromatic rings. The average molecular weight is 218 g/mol. The standard InChI is InChI=1S/C9H18N2O2S/c1-5-14(12,13)11-6-8(2)10(4)9(3)7-11/h5,8-9H,1,6-7H2,2-4H3/t8-,9+. The minimum Gasteiger partial charge on any atom is -0.298 e. The maximum atomic E-state index is 11.5. The van der Waals surface area contributed by atoms with Crippen molar-refractivity contribution in [2.24, 2.45) is 0 Å². The predicted octanol–water partition coefficient (Wildman–Crippen LogP) is 0.484. The van der Waals surface area contributed by atoms with E-state index in [1.807, 2.05) is 20.9 Å². The summed E-state index contributed by atoms with van der Waals surface area (Å²) in [4.78, 5) is 2.19. The molecule has 1 heterocycles. The number of nitrogens with zero attached hydrogens (tertiary/aromatic N) is 2. The quantitative estimate of drug-likeness (QED) is 0.677. The summed E-state index contributed by atoms with van der Waals surface area (Å²) in [5.41, 5.74) is 0. The van der Waals surface area contributed by atoms with Crippen LogP contribution in [0.5, 0.6) is 0 Å². The monoisotopic (exact) mass is 218 g/mol. The van der Waals surface area contributed by atoms with Crippen molar-refractivity contribution < 1.29 is 8.42 Å². The first-order valence-electron chi connectivity index (χ1n) is 4.73. The van der Waals surface area contributed by atoms with Crippen LogP contribution in [0.25, 0.3) is 0 Å². The summed E-state index contributed by atoms with van der Waals surface area (Å²) < 4.78 is 24.6. The van der Waals surface area contributed by atoms with Crippen LogP contribution in [0.15, 0.2) is 12.0 Å². The first kappa shape index (κ1) is 11.7. The Kier molecular flexibility index (Phi) is 3.34. The lowest BCUT2D eigenvalue weighted by Gasteiger charge is -2.41. The molecule has 0 spiro atoms. The number of likely N-dealkylation sites (N-methyl/N-ethyl adjacent to an activating group) is 1. The molecular weight excluding hydrogens is 200 g/mol. The van der Waals surface area contributed by atoms with Gasteiger partial charge < -0.3 is 0 Å². The van der Waals surface area contributed by atoms with Crippen LogP contribution in [-0.2, 0) is 10.0 Å². The molecule has 82 valence electrons. The van der Waals surface area contributed by atoms with Crippen molar-refractivity contribution in [2.75, 3.05) is 20.1 Å². The molecule has 0 unspecified atom stereocenters. The van der Waals surface area contributed by atoms with Gasteiger partial charge in [0.05, 0.1) is 0 Å². The van der Waals surface area contributed by atoms with Crippen molar-refractivity contribution in [3.63, 3.8) is 0 Å². The Morgan fingerprint density at radius 2 is 1.71 bits per heavy atom. The van der Waals surface area contributed by atoms with Gasteiger partial charge in [-0.05, 0) is 20.9 Å². The highest BCUT2D eigenvalue weighted by Crippen LogP contribution is 2.16. The van der Waals surface area contributed by atoms with Gasteiger partial charge in [-0.15, -0.1) is 0 Å². The number of sulfonamides is 1.